The van der Waals surface area contributed by atoms with Crippen LogP contribution in [0, 0.1) is 0 Å². The van der Waals surface area contributed by atoms with Gasteiger partial charge in [-0.15, -0.1) is 0 Å². The van der Waals surface area contributed by atoms with Crippen LogP contribution in [0.5, 0.6) is 0 Å². The number of rotatable bonds is 1. The van der Waals surface area contributed by atoms with Gasteiger partial charge in [-0.2, -0.15) is 0 Å². The molecule has 1 fully saturated rings. The molecule has 1 aliphatic heterocycles. The lowest BCUT2D eigenvalue weighted by atomic mass is 10.1. The van der Waals surface area contributed by atoms with E-state index in [1.54, 1.807) is 0 Å². The van der Waals surface area contributed by atoms with Gasteiger partial charge in [0.1, 0.15) is 5.60 Å². The SMILES string of the molecule is C[C@H]1CC[C@@H](c2ccccc2)N1C(=O)OC(C)(C)C. The van der Waals surface area contributed by atoms with Gasteiger partial charge in [0, 0.05) is 6.04 Å². The summed E-state index contributed by atoms with van der Waals surface area (Å²) in [5, 5.41) is 0. The summed E-state index contributed by atoms with van der Waals surface area (Å²) in [6.45, 7) is 7.81. The number of nitrogens with zero attached hydrogens (tertiary/aromatic N) is 1. The van der Waals surface area contributed by atoms with Crippen LogP contribution in [-0.4, -0.2) is 22.6 Å². The average molecular weight is 261 g/mol. The minimum Gasteiger partial charge on any atom is -0.444 e. The van der Waals surface area contributed by atoms with Gasteiger partial charge in [-0.25, -0.2) is 4.79 Å². The second-order valence-electron chi connectivity index (χ2n) is 6.24. The lowest BCUT2D eigenvalue weighted by Crippen LogP contribution is -2.40. The topological polar surface area (TPSA) is 29.5 Å². The van der Waals surface area contributed by atoms with Crippen LogP contribution in [0.1, 0.15) is 52.1 Å². The molecular formula is C16H23NO2. The van der Waals surface area contributed by atoms with E-state index in [2.05, 4.69) is 19.1 Å². The first kappa shape index (κ1) is 13.9. The number of amides is 1. The first-order valence-corrected chi connectivity index (χ1v) is 6.95. The van der Waals surface area contributed by atoms with Gasteiger partial charge in [0.05, 0.1) is 6.04 Å². The van der Waals surface area contributed by atoms with Gasteiger partial charge in [-0.1, -0.05) is 30.3 Å². The molecule has 2 rings (SSSR count). The highest BCUT2D eigenvalue weighted by atomic mass is 16.6. The Labute approximate surface area is 115 Å². The fourth-order valence-corrected chi connectivity index (χ4v) is 2.61. The van der Waals surface area contributed by atoms with Gasteiger partial charge in [0.2, 0.25) is 0 Å². The Kier molecular flexibility index (Phi) is 3.83. The molecule has 0 saturated carbocycles. The molecule has 104 valence electrons. The lowest BCUT2D eigenvalue weighted by Gasteiger charge is -2.31. The summed E-state index contributed by atoms with van der Waals surface area (Å²) in [7, 11) is 0. The minimum absolute atomic E-state index is 0.144. The first-order valence-electron chi connectivity index (χ1n) is 6.95. The van der Waals surface area contributed by atoms with E-state index in [1.807, 2.05) is 43.9 Å². The van der Waals surface area contributed by atoms with E-state index in [0.717, 1.165) is 12.8 Å². The largest absolute Gasteiger partial charge is 0.444 e. The molecule has 0 N–H and O–H groups in total. The fraction of sp³-hybridized carbons (Fsp3) is 0.562. The molecule has 0 radical (unpaired) electrons. The normalized spacial score (nSPS) is 23.5. The lowest BCUT2D eigenvalue weighted by molar-refractivity contribution is 0.0158. The predicted octanol–water partition coefficient (Wildman–Crippen LogP) is 4.15. The van der Waals surface area contributed by atoms with Gasteiger partial charge in [-0.05, 0) is 46.1 Å². The maximum absolute atomic E-state index is 12.4. The number of hydrogen-bond acceptors (Lipinski definition) is 2. The quantitative estimate of drug-likeness (QED) is 0.760. The summed E-state index contributed by atoms with van der Waals surface area (Å²) >= 11 is 0. The average Bonchev–Trinajstić information content (AvgIpc) is 2.70. The highest BCUT2D eigenvalue weighted by Gasteiger charge is 2.37. The van der Waals surface area contributed by atoms with Crippen molar-refractivity contribution in [2.24, 2.45) is 0 Å². The van der Waals surface area contributed by atoms with Crippen molar-refractivity contribution >= 4 is 6.09 Å². The minimum atomic E-state index is -0.444. The molecule has 0 bridgehead atoms. The van der Waals surface area contributed by atoms with E-state index in [9.17, 15) is 4.79 Å². The van der Waals surface area contributed by atoms with Crippen LogP contribution >= 0.6 is 0 Å². The third kappa shape index (κ3) is 3.28. The van der Waals surface area contributed by atoms with Crippen LogP contribution in [0.3, 0.4) is 0 Å². The molecule has 3 nitrogen and oxygen atoms in total. The Morgan fingerprint density at radius 1 is 1.21 bits per heavy atom. The number of likely N-dealkylation sites (tertiary alicyclic amines) is 1. The Balaban J connectivity index is 2.19. The van der Waals surface area contributed by atoms with Crippen molar-refractivity contribution in [3.63, 3.8) is 0 Å². The molecule has 0 aromatic heterocycles. The molecule has 0 spiro atoms. The van der Waals surface area contributed by atoms with Crippen molar-refractivity contribution in [3.8, 4) is 0 Å². The van der Waals surface area contributed by atoms with Crippen LogP contribution in [0.15, 0.2) is 30.3 Å². The third-order valence-electron chi connectivity index (χ3n) is 3.46. The fourth-order valence-electron chi connectivity index (χ4n) is 2.61. The smallest absolute Gasteiger partial charge is 0.411 e. The van der Waals surface area contributed by atoms with Gasteiger partial charge in [0.15, 0.2) is 0 Å². The van der Waals surface area contributed by atoms with Gasteiger partial charge >= 0.3 is 6.09 Å². The summed E-state index contributed by atoms with van der Waals surface area (Å²) in [6.07, 6.45) is 1.83. The van der Waals surface area contributed by atoms with Crippen molar-refractivity contribution < 1.29 is 9.53 Å². The molecule has 1 aromatic rings. The van der Waals surface area contributed by atoms with Crippen molar-refractivity contribution in [2.75, 3.05) is 0 Å². The number of carbonyl (C=O) groups is 1. The molecule has 2 atom stereocenters. The maximum atomic E-state index is 12.4. The van der Waals surface area contributed by atoms with Crippen LogP contribution in [-0.2, 0) is 4.74 Å². The molecule has 0 unspecified atom stereocenters. The summed E-state index contributed by atoms with van der Waals surface area (Å²) in [4.78, 5) is 14.2. The summed E-state index contributed by atoms with van der Waals surface area (Å²) < 4.78 is 5.53. The zero-order valence-electron chi connectivity index (χ0n) is 12.2. The number of hydrogen-bond donors (Lipinski definition) is 0. The van der Waals surface area contributed by atoms with E-state index < -0.39 is 5.60 Å². The van der Waals surface area contributed by atoms with Crippen molar-refractivity contribution in [1.82, 2.24) is 4.90 Å². The van der Waals surface area contributed by atoms with E-state index in [4.69, 9.17) is 4.74 Å². The van der Waals surface area contributed by atoms with Crippen LogP contribution in [0.25, 0.3) is 0 Å². The second-order valence-corrected chi connectivity index (χ2v) is 6.24. The molecule has 19 heavy (non-hydrogen) atoms. The molecule has 1 aliphatic rings. The summed E-state index contributed by atoms with van der Waals surface area (Å²) in [5.41, 5.74) is 0.749. The number of carbonyl (C=O) groups excluding carboxylic acids is 1. The van der Waals surface area contributed by atoms with E-state index in [1.165, 1.54) is 5.56 Å². The Morgan fingerprint density at radius 2 is 1.84 bits per heavy atom. The molecular weight excluding hydrogens is 238 g/mol. The highest BCUT2D eigenvalue weighted by molar-refractivity contribution is 5.69. The molecule has 1 saturated heterocycles. The monoisotopic (exact) mass is 261 g/mol. The maximum Gasteiger partial charge on any atom is 0.411 e. The van der Waals surface area contributed by atoms with Gasteiger partial charge < -0.3 is 4.74 Å². The third-order valence-corrected chi connectivity index (χ3v) is 3.46. The summed E-state index contributed by atoms with van der Waals surface area (Å²) in [6, 6.07) is 10.6. The Hall–Kier alpha value is -1.51. The summed E-state index contributed by atoms with van der Waals surface area (Å²) in [5.74, 6) is 0. The first-order chi connectivity index (χ1) is 8.88. The van der Waals surface area contributed by atoms with E-state index >= 15 is 0 Å². The van der Waals surface area contributed by atoms with E-state index in [0.29, 0.717) is 0 Å². The van der Waals surface area contributed by atoms with E-state index in [-0.39, 0.29) is 18.2 Å². The van der Waals surface area contributed by atoms with Crippen molar-refractivity contribution in [1.29, 1.82) is 0 Å². The zero-order chi connectivity index (χ0) is 14.0. The molecule has 0 aliphatic carbocycles. The second kappa shape index (κ2) is 5.24. The van der Waals surface area contributed by atoms with Crippen LogP contribution < -0.4 is 0 Å². The Morgan fingerprint density at radius 3 is 2.42 bits per heavy atom. The van der Waals surface area contributed by atoms with Crippen LogP contribution in [0.2, 0.25) is 0 Å². The Bertz CT molecular complexity index is 436. The van der Waals surface area contributed by atoms with Gasteiger partial charge in [0.25, 0.3) is 0 Å². The molecule has 1 heterocycles. The van der Waals surface area contributed by atoms with Gasteiger partial charge in [-0.3, -0.25) is 4.90 Å². The zero-order valence-corrected chi connectivity index (χ0v) is 12.2. The number of ether oxygens (including phenoxy) is 1. The van der Waals surface area contributed by atoms with Crippen LogP contribution in [0.4, 0.5) is 4.79 Å². The number of benzene rings is 1. The van der Waals surface area contributed by atoms with Crippen molar-refractivity contribution in [3.05, 3.63) is 35.9 Å². The molecule has 3 heteroatoms. The predicted molar refractivity (Wildman–Crippen MR) is 76.0 cm³/mol. The highest BCUT2D eigenvalue weighted by Crippen LogP contribution is 2.36. The van der Waals surface area contributed by atoms with Crippen molar-refractivity contribution in [2.45, 2.75) is 58.2 Å². The molecule has 1 aromatic carbocycles. The molecule has 1 amide bonds. The standard InChI is InChI=1S/C16H23NO2/c1-12-10-11-14(13-8-6-5-7-9-13)17(12)15(18)19-16(2,3)4/h5-9,12,14H,10-11H2,1-4H3/t12-,14-/m0/s1.